The summed E-state index contributed by atoms with van der Waals surface area (Å²) in [4.78, 5) is 12.7. The molecule has 2 atom stereocenters. The van der Waals surface area contributed by atoms with E-state index in [0.29, 0.717) is 0 Å². The zero-order valence-corrected chi connectivity index (χ0v) is 11.4. The first-order chi connectivity index (χ1) is 8.63. The van der Waals surface area contributed by atoms with Crippen LogP contribution in [0, 0.1) is 17.2 Å². The molecule has 0 aromatic heterocycles. The highest BCUT2D eigenvalue weighted by Crippen LogP contribution is 2.36. The van der Waals surface area contributed by atoms with Crippen LogP contribution in [0.1, 0.15) is 25.8 Å². The molecule has 1 aromatic carbocycles. The predicted molar refractivity (Wildman–Crippen MR) is 73.5 cm³/mol. The minimum Gasteiger partial charge on any atom is -0.324 e. The Bertz CT molecular complexity index is 507. The molecule has 3 nitrogen and oxygen atoms in total. The van der Waals surface area contributed by atoms with Crippen LogP contribution in [-0.2, 0) is 11.2 Å². The van der Waals surface area contributed by atoms with Crippen molar-refractivity contribution in [2.45, 2.75) is 36.8 Å². The van der Waals surface area contributed by atoms with E-state index in [9.17, 15) is 4.79 Å². The van der Waals surface area contributed by atoms with E-state index in [1.54, 1.807) is 11.8 Å². The molecule has 0 radical (unpaired) electrons. The summed E-state index contributed by atoms with van der Waals surface area (Å²) < 4.78 is 0. The first kappa shape index (κ1) is 13.0. The number of hydrogen-bond acceptors (Lipinski definition) is 3. The number of nitrogens with zero attached hydrogens (tertiary/aromatic N) is 1. The first-order valence-corrected chi connectivity index (χ1v) is 7.02. The van der Waals surface area contributed by atoms with Crippen LogP contribution < -0.4 is 5.32 Å². The minimum absolute atomic E-state index is 0.0363. The highest BCUT2D eigenvalue weighted by atomic mass is 32.2. The van der Waals surface area contributed by atoms with Crippen LogP contribution in [0.15, 0.2) is 23.1 Å². The number of amides is 1. The Morgan fingerprint density at radius 3 is 3.00 bits per heavy atom. The summed E-state index contributed by atoms with van der Waals surface area (Å²) in [6.45, 7) is 3.92. The van der Waals surface area contributed by atoms with Crippen molar-refractivity contribution in [1.29, 1.82) is 5.26 Å². The highest BCUT2D eigenvalue weighted by molar-refractivity contribution is 8.00. The van der Waals surface area contributed by atoms with Gasteiger partial charge in [-0.25, -0.2) is 0 Å². The Kier molecular flexibility index (Phi) is 3.93. The van der Waals surface area contributed by atoms with Crippen LogP contribution in [-0.4, -0.2) is 11.2 Å². The molecule has 18 heavy (non-hydrogen) atoms. The normalized spacial score (nSPS) is 19.6. The third kappa shape index (κ3) is 2.68. The number of hydrogen-bond donors (Lipinski definition) is 1. The summed E-state index contributed by atoms with van der Waals surface area (Å²) in [5.74, 6) is 0.103. The number of thioether (sulfide) groups is 1. The lowest BCUT2D eigenvalue weighted by Gasteiger charge is -2.22. The van der Waals surface area contributed by atoms with Crippen LogP contribution in [0.25, 0.3) is 0 Å². The average molecular weight is 260 g/mol. The molecular formula is C14H16N2OS. The Balaban J connectivity index is 2.20. The van der Waals surface area contributed by atoms with Crippen molar-refractivity contribution in [3.05, 3.63) is 23.8 Å². The molecule has 0 aliphatic carbocycles. The van der Waals surface area contributed by atoms with E-state index in [4.69, 9.17) is 5.26 Å². The summed E-state index contributed by atoms with van der Waals surface area (Å²) >= 11 is 1.58. The molecule has 1 heterocycles. The average Bonchev–Trinajstić information content (AvgIpc) is 2.37. The minimum atomic E-state index is -0.0363. The molecule has 1 amide bonds. The number of rotatable bonds is 3. The zero-order chi connectivity index (χ0) is 13.1. The van der Waals surface area contributed by atoms with Crippen molar-refractivity contribution in [3.8, 4) is 6.07 Å². The van der Waals surface area contributed by atoms with Gasteiger partial charge in [0, 0.05) is 4.90 Å². The van der Waals surface area contributed by atoms with Gasteiger partial charge in [-0.2, -0.15) is 5.26 Å². The largest absolute Gasteiger partial charge is 0.324 e. The van der Waals surface area contributed by atoms with Crippen LogP contribution >= 0.6 is 11.8 Å². The van der Waals surface area contributed by atoms with E-state index in [0.717, 1.165) is 29.0 Å². The van der Waals surface area contributed by atoms with Gasteiger partial charge in [-0.1, -0.05) is 13.0 Å². The second-order valence-corrected chi connectivity index (χ2v) is 5.90. The van der Waals surface area contributed by atoms with Crippen LogP contribution in [0.4, 0.5) is 5.69 Å². The molecular weight excluding hydrogens is 244 g/mol. The molecule has 94 valence electrons. The summed E-state index contributed by atoms with van der Waals surface area (Å²) in [5.41, 5.74) is 1.99. The Morgan fingerprint density at radius 2 is 2.33 bits per heavy atom. The smallest absolute Gasteiger partial charge is 0.237 e. The van der Waals surface area contributed by atoms with E-state index >= 15 is 0 Å². The van der Waals surface area contributed by atoms with Crippen molar-refractivity contribution in [1.82, 2.24) is 0 Å². The van der Waals surface area contributed by atoms with Crippen LogP contribution in [0.3, 0.4) is 0 Å². The Hall–Kier alpha value is -1.47. The maximum Gasteiger partial charge on any atom is 0.237 e. The van der Waals surface area contributed by atoms with Gasteiger partial charge in [-0.05, 0) is 37.5 Å². The first-order valence-electron chi connectivity index (χ1n) is 6.14. The van der Waals surface area contributed by atoms with Gasteiger partial charge in [0.15, 0.2) is 0 Å². The molecule has 1 N–H and O–H groups in total. The monoisotopic (exact) mass is 260 g/mol. The third-order valence-corrected chi connectivity index (χ3v) is 4.31. The lowest BCUT2D eigenvalue weighted by molar-refractivity contribution is -0.115. The molecule has 0 saturated heterocycles. The van der Waals surface area contributed by atoms with Crippen molar-refractivity contribution in [3.63, 3.8) is 0 Å². The predicted octanol–water partition coefficient (Wildman–Crippen LogP) is 3.21. The topological polar surface area (TPSA) is 52.9 Å². The van der Waals surface area contributed by atoms with Crippen molar-refractivity contribution in [2.24, 2.45) is 5.92 Å². The lowest BCUT2D eigenvalue weighted by Crippen LogP contribution is -2.26. The molecule has 0 bridgehead atoms. The quantitative estimate of drug-likeness (QED) is 0.908. The van der Waals surface area contributed by atoms with E-state index in [1.165, 1.54) is 0 Å². The van der Waals surface area contributed by atoms with Gasteiger partial charge in [0.2, 0.25) is 5.91 Å². The SMILES string of the molecule is CCC(C#N)Cc1ccc2c(c1)NC(=O)C(C)S2. The second kappa shape index (κ2) is 5.45. The van der Waals surface area contributed by atoms with E-state index in [2.05, 4.69) is 17.5 Å². The van der Waals surface area contributed by atoms with Crippen molar-refractivity contribution >= 4 is 23.4 Å². The molecule has 1 aliphatic heterocycles. The lowest BCUT2D eigenvalue weighted by atomic mass is 9.98. The number of nitrogens with one attached hydrogen (secondary N) is 1. The van der Waals surface area contributed by atoms with Gasteiger partial charge in [-0.15, -0.1) is 11.8 Å². The molecule has 1 aliphatic rings. The molecule has 0 saturated carbocycles. The number of fused-ring (bicyclic) bond motifs is 1. The van der Waals surface area contributed by atoms with Gasteiger partial charge < -0.3 is 5.32 Å². The molecule has 0 spiro atoms. The maximum absolute atomic E-state index is 11.6. The van der Waals surface area contributed by atoms with Gasteiger partial charge in [0.25, 0.3) is 0 Å². The molecule has 0 fully saturated rings. The zero-order valence-electron chi connectivity index (χ0n) is 10.6. The van der Waals surface area contributed by atoms with E-state index in [1.807, 2.05) is 26.0 Å². The van der Waals surface area contributed by atoms with Crippen LogP contribution in [0.2, 0.25) is 0 Å². The third-order valence-electron chi connectivity index (χ3n) is 3.13. The number of carbonyl (C=O) groups excluding carboxylic acids is 1. The highest BCUT2D eigenvalue weighted by Gasteiger charge is 2.23. The van der Waals surface area contributed by atoms with Gasteiger partial charge >= 0.3 is 0 Å². The summed E-state index contributed by atoms with van der Waals surface area (Å²) in [6.07, 6.45) is 1.60. The summed E-state index contributed by atoms with van der Waals surface area (Å²) in [7, 11) is 0. The van der Waals surface area contributed by atoms with E-state index in [-0.39, 0.29) is 17.1 Å². The van der Waals surface area contributed by atoms with Gasteiger partial charge in [0.1, 0.15) is 0 Å². The number of benzene rings is 1. The van der Waals surface area contributed by atoms with Crippen LogP contribution in [0.5, 0.6) is 0 Å². The molecule has 2 rings (SSSR count). The second-order valence-electron chi connectivity index (χ2n) is 4.52. The summed E-state index contributed by atoms with van der Waals surface area (Å²) in [6, 6.07) is 8.38. The Morgan fingerprint density at radius 1 is 1.56 bits per heavy atom. The molecule has 1 aromatic rings. The standard InChI is InChI=1S/C14H16N2OS/c1-3-10(8-15)6-11-4-5-13-12(7-11)16-14(17)9(2)18-13/h4-5,7,9-10H,3,6H2,1-2H3,(H,16,17). The summed E-state index contributed by atoms with van der Waals surface area (Å²) in [5, 5.41) is 11.9. The fourth-order valence-corrected chi connectivity index (χ4v) is 2.88. The Labute approximate surface area is 112 Å². The number of anilines is 1. The molecule has 2 unspecified atom stereocenters. The molecule has 4 heteroatoms. The van der Waals surface area contributed by atoms with Crippen molar-refractivity contribution < 1.29 is 4.79 Å². The van der Waals surface area contributed by atoms with E-state index < -0.39 is 0 Å². The number of nitriles is 1. The fourth-order valence-electron chi connectivity index (χ4n) is 1.95. The van der Waals surface area contributed by atoms with Crippen molar-refractivity contribution in [2.75, 3.05) is 5.32 Å². The number of carbonyl (C=O) groups is 1. The maximum atomic E-state index is 11.6. The van der Waals surface area contributed by atoms with Gasteiger partial charge in [-0.3, -0.25) is 4.79 Å². The van der Waals surface area contributed by atoms with Gasteiger partial charge in [0.05, 0.1) is 22.9 Å². The fraction of sp³-hybridized carbons (Fsp3) is 0.429.